The molecule has 19 heavy (non-hydrogen) atoms. The van der Waals surface area contributed by atoms with Gasteiger partial charge in [-0.25, -0.2) is 13.6 Å². The monoisotopic (exact) mass is 284 g/mol. The molecule has 1 saturated carbocycles. The zero-order valence-corrected chi connectivity index (χ0v) is 11.1. The number of carboxylic acids is 1. The molecule has 0 amide bonds. The van der Waals surface area contributed by atoms with Crippen LogP contribution in [0.2, 0.25) is 0 Å². The highest BCUT2D eigenvalue weighted by atomic mass is 32.2. The lowest BCUT2D eigenvalue weighted by Crippen LogP contribution is -2.46. The van der Waals surface area contributed by atoms with Gasteiger partial charge < -0.3 is 10.4 Å². The fourth-order valence-corrected chi connectivity index (χ4v) is 2.79. The number of anilines is 1. The first-order chi connectivity index (χ1) is 8.81. The highest BCUT2D eigenvalue weighted by Gasteiger charge is 2.38. The van der Waals surface area contributed by atoms with Gasteiger partial charge in [-0.15, -0.1) is 0 Å². The van der Waals surface area contributed by atoms with Gasteiger partial charge in [0, 0.05) is 11.2 Å². The van der Waals surface area contributed by atoms with Crippen LogP contribution in [0.25, 0.3) is 0 Å². The molecule has 0 unspecified atom stereocenters. The fraction of sp³-hybridized carbons (Fsp3) is 0.417. The maximum absolute atomic E-state index is 11.1. The number of carboxylic acid groups (broad SMARTS) is 1. The van der Waals surface area contributed by atoms with Gasteiger partial charge in [0.05, 0.1) is 11.3 Å². The SMILES string of the molecule is NS(=O)(=O)c1ccc(NC2(CC(=O)O)CCC2)cc1. The third kappa shape index (κ3) is 3.24. The zero-order valence-electron chi connectivity index (χ0n) is 10.3. The number of primary sulfonamides is 1. The zero-order chi connectivity index (χ0) is 14.1. The van der Waals surface area contributed by atoms with Gasteiger partial charge in [0.25, 0.3) is 0 Å². The molecule has 7 heteroatoms. The summed E-state index contributed by atoms with van der Waals surface area (Å²) in [5, 5.41) is 17.1. The second kappa shape index (κ2) is 4.82. The van der Waals surface area contributed by atoms with Crippen LogP contribution in [0.3, 0.4) is 0 Å². The summed E-state index contributed by atoms with van der Waals surface area (Å²) in [6.45, 7) is 0. The van der Waals surface area contributed by atoms with Gasteiger partial charge in [-0.3, -0.25) is 4.79 Å². The van der Waals surface area contributed by atoms with E-state index in [1.54, 1.807) is 12.1 Å². The topological polar surface area (TPSA) is 109 Å². The second-order valence-electron chi connectivity index (χ2n) is 4.90. The first kappa shape index (κ1) is 13.8. The fourth-order valence-electron chi connectivity index (χ4n) is 2.27. The van der Waals surface area contributed by atoms with Gasteiger partial charge in [-0.05, 0) is 43.5 Å². The molecule has 0 heterocycles. The Morgan fingerprint density at radius 1 is 1.32 bits per heavy atom. The summed E-state index contributed by atoms with van der Waals surface area (Å²) in [5.74, 6) is -0.839. The van der Waals surface area contributed by atoms with Crippen LogP contribution in [0.1, 0.15) is 25.7 Å². The number of benzene rings is 1. The smallest absolute Gasteiger partial charge is 0.305 e. The molecule has 0 saturated heterocycles. The Kier molecular flexibility index (Phi) is 3.51. The maximum atomic E-state index is 11.1. The van der Waals surface area contributed by atoms with Gasteiger partial charge in [0.1, 0.15) is 0 Å². The molecule has 0 bridgehead atoms. The van der Waals surface area contributed by atoms with Gasteiger partial charge in [-0.1, -0.05) is 0 Å². The van der Waals surface area contributed by atoms with Crippen LogP contribution in [-0.4, -0.2) is 25.0 Å². The average molecular weight is 284 g/mol. The van der Waals surface area contributed by atoms with Crippen LogP contribution < -0.4 is 10.5 Å². The molecule has 0 radical (unpaired) electrons. The van der Waals surface area contributed by atoms with E-state index in [0.29, 0.717) is 5.69 Å². The summed E-state index contributed by atoms with van der Waals surface area (Å²) < 4.78 is 22.2. The first-order valence-corrected chi connectivity index (χ1v) is 7.48. The lowest BCUT2D eigenvalue weighted by atomic mass is 9.74. The van der Waals surface area contributed by atoms with E-state index >= 15 is 0 Å². The Morgan fingerprint density at radius 3 is 2.26 bits per heavy atom. The Balaban J connectivity index is 2.13. The molecule has 6 nitrogen and oxygen atoms in total. The Labute approximate surface area is 111 Å². The maximum Gasteiger partial charge on any atom is 0.305 e. The van der Waals surface area contributed by atoms with E-state index < -0.39 is 21.5 Å². The minimum atomic E-state index is -3.70. The van der Waals surface area contributed by atoms with Crippen molar-refractivity contribution in [3.05, 3.63) is 24.3 Å². The third-order valence-corrected chi connectivity index (χ3v) is 4.32. The predicted molar refractivity (Wildman–Crippen MR) is 70.3 cm³/mol. The molecule has 1 aromatic carbocycles. The van der Waals surface area contributed by atoms with Crippen molar-refractivity contribution < 1.29 is 18.3 Å². The minimum Gasteiger partial charge on any atom is -0.481 e. The molecule has 1 aliphatic rings. The molecule has 4 N–H and O–H groups in total. The number of hydrogen-bond donors (Lipinski definition) is 3. The van der Waals surface area contributed by atoms with E-state index in [4.69, 9.17) is 10.2 Å². The molecular weight excluding hydrogens is 268 g/mol. The summed E-state index contributed by atoms with van der Waals surface area (Å²) >= 11 is 0. The molecule has 0 aliphatic heterocycles. The average Bonchev–Trinajstić information content (AvgIpc) is 2.25. The van der Waals surface area contributed by atoms with E-state index in [9.17, 15) is 13.2 Å². The number of sulfonamides is 1. The Bertz CT molecular complexity index is 576. The quantitative estimate of drug-likeness (QED) is 0.751. The second-order valence-corrected chi connectivity index (χ2v) is 6.46. The normalized spacial score (nSPS) is 17.5. The van der Waals surface area contributed by atoms with Crippen molar-refractivity contribution in [2.75, 3.05) is 5.32 Å². The van der Waals surface area contributed by atoms with Crippen molar-refractivity contribution in [2.45, 2.75) is 36.1 Å². The molecule has 2 rings (SSSR count). The van der Waals surface area contributed by atoms with Crippen molar-refractivity contribution >= 4 is 21.7 Å². The Morgan fingerprint density at radius 2 is 1.89 bits per heavy atom. The molecule has 0 atom stereocenters. The molecule has 1 aliphatic carbocycles. The van der Waals surface area contributed by atoms with E-state index in [1.807, 2.05) is 0 Å². The van der Waals surface area contributed by atoms with Gasteiger partial charge >= 0.3 is 5.97 Å². The van der Waals surface area contributed by atoms with Crippen LogP contribution in [0.4, 0.5) is 5.69 Å². The number of nitrogens with one attached hydrogen (secondary N) is 1. The van der Waals surface area contributed by atoms with Gasteiger partial charge in [0.2, 0.25) is 10.0 Å². The minimum absolute atomic E-state index is 0.0407. The molecule has 0 aromatic heterocycles. The first-order valence-electron chi connectivity index (χ1n) is 5.94. The molecule has 1 fully saturated rings. The van der Waals surface area contributed by atoms with E-state index in [0.717, 1.165) is 19.3 Å². The Hall–Kier alpha value is -1.60. The molecule has 1 aromatic rings. The largest absolute Gasteiger partial charge is 0.481 e. The summed E-state index contributed by atoms with van der Waals surface area (Å²) in [7, 11) is -3.70. The number of nitrogens with two attached hydrogens (primary N) is 1. The molecule has 104 valence electrons. The van der Waals surface area contributed by atoms with Crippen LogP contribution in [0.15, 0.2) is 29.2 Å². The third-order valence-electron chi connectivity index (χ3n) is 3.39. The lowest BCUT2D eigenvalue weighted by Gasteiger charge is -2.42. The standard InChI is InChI=1S/C12H16N2O4S/c13-19(17,18)10-4-2-9(3-5-10)14-12(6-1-7-12)8-11(15)16/h2-5,14H,1,6-8H2,(H,15,16)(H2,13,17,18). The van der Waals surface area contributed by atoms with Crippen LogP contribution in [0, 0.1) is 0 Å². The summed E-state index contributed by atoms with van der Waals surface area (Å²) in [6.07, 6.45) is 2.66. The van der Waals surface area contributed by atoms with Crippen molar-refractivity contribution in [1.29, 1.82) is 0 Å². The number of aliphatic carboxylic acids is 1. The number of hydrogen-bond acceptors (Lipinski definition) is 4. The van der Waals surface area contributed by atoms with Gasteiger partial charge in [-0.2, -0.15) is 0 Å². The van der Waals surface area contributed by atoms with Crippen molar-refractivity contribution in [1.82, 2.24) is 0 Å². The lowest BCUT2D eigenvalue weighted by molar-refractivity contribution is -0.138. The molecule has 0 spiro atoms. The van der Waals surface area contributed by atoms with Crippen LogP contribution in [0.5, 0.6) is 0 Å². The molecular formula is C12H16N2O4S. The van der Waals surface area contributed by atoms with Crippen molar-refractivity contribution in [3.8, 4) is 0 Å². The van der Waals surface area contributed by atoms with Crippen LogP contribution >= 0.6 is 0 Å². The van der Waals surface area contributed by atoms with E-state index in [-0.39, 0.29) is 11.3 Å². The van der Waals surface area contributed by atoms with Crippen molar-refractivity contribution in [3.63, 3.8) is 0 Å². The highest BCUT2D eigenvalue weighted by Crippen LogP contribution is 2.38. The van der Waals surface area contributed by atoms with E-state index in [2.05, 4.69) is 5.32 Å². The summed E-state index contributed by atoms with van der Waals surface area (Å²) in [4.78, 5) is 10.9. The summed E-state index contributed by atoms with van der Waals surface area (Å²) in [5.41, 5.74) is 0.294. The summed E-state index contributed by atoms with van der Waals surface area (Å²) in [6, 6.07) is 6.01. The van der Waals surface area contributed by atoms with E-state index in [1.165, 1.54) is 12.1 Å². The van der Waals surface area contributed by atoms with Crippen LogP contribution in [-0.2, 0) is 14.8 Å². The highest BCUT2D eigenvalue weighted by molar-refractivity contribution is 7.89. The van der Waals surface area contributed by atoms with Crippen molar-refractivity contribution in [2.24, 2.45) is 5.14 Å². The number of rotatable bonds is 5. The predicted octanol–water partition coefficient (Wildman–Crippen LogP) is 1.14. The number of carbonyl (C=O) groups is 1. The van der Waals surface area contributed by atoms with Gasteiger partial charge in [0.15, 0.2) is 0 Å².